The van der Waals surface area contributed by atoms with Crippen LogP contribution in [0.3, 0.4) is 0 Å². The van der Waals surface area contributed by atoms with Crippen molar-refractivity contribution in [3.8, 4) is 0 Å². The first-order valence-electron chi connectivity index (χ1n) is 3.86. The number of carbonyl (C=O) groups is 1. The summed E-state index contributed by atoms with van der Waals surface area (Å²) in [4.78, 5) is 28.6. The average molecular weight is 193 g/mol. The number of fused-ring (bicyclic) bond motifs is 1. The molecule has 0 atom stereocenters. The van der Waals surface area contributed by atoms with Crippen molar-refractivity contribution in [1.82, 2.24) is 14.4 Å². The Bertz CT molecular complexity index is 540. The van der Waals surface area contributed by atoms with Crippen LogP contribution in [0.2, 0.25) is 0 Å². The van der Waals surface area contributed by atoms with E-state index in [1.807, 2.05) is 0 Å². The average Bonchev–Trinajstić information content (AvgIpc) is 2.64. The number of imidazole rings is 1. The number of rotatable bonds is 1. The lowest BCUT2D eigenvalue weighted by atomic mass is 10.4. The van der Waals surface area contributed by atoms with E-state index in [-0.39, 0.29) is 5.69 Å². The lowest BCUT2D eigenvalue weighted by molar-refractivity contribution is 0.0593. The zero-order valence-corrected chi connectivity index (χ0v) is 7.35. The van der Waals surface area contributed by atoms with Gasteiger partial charge >= 0.3 is 11.7 Å². The summed E-state index contributed by atoms with van der Waals surface area (Å²) in [7, 11) is 1.25. The molecule has 1 N–H and O–H groups in total. The van der Waals surface area contributed by atoms with Gasteiger partial charge in [-0.15, -0.1) is 0 Å². The minimum Gasteiger partial charge on any atom is -0.464 e. The van der Waals surface area contributed by atoms with E-state index in [4.69, 9.17) is 0 Å². The van der Waals surface area contributed by atoms with Crippen molar-refractivity contribution in [2.45, 2.75) is 0 Å². The first kappa shape index (κ1) is 8.49. The van der Waals surface area contributed by atoms with Gasteiger partial charge in [0.15, 0.2) is 0 Å². The Labute approximate surface area is 78.2 Å². The number of aromatic nitrogens is 3. The number of hydrogen-bond donors (Lipinski definition) is 1. The molecule has 0 radical (unpaired) electrons. The lowest BCUT2D eigenvalue weighted by Gasteiger charge is -1.99. The van der Waals surface area contributed by atoms with E-state index < -0.39 is 11.7 Å². The maximum Gasteiger partial charge on any atom is 0.354 e. The summed E-state index contributed by atoms with van der Waals surface area (Å²) in [6.07, 6.45) is 2.86. The van der Waals surface area contributed by atoms with Crippen molar-refractivity contribution in [1.29, 1.82) is 0 Å². The van der Waals surface area contributed by atoms with Crippen LogP contribution < -0.4 is 5.69 Å². The van der Waals surface area contributed by atoms with Crippen LogP contribution in [0.25, 0.3) is 5.52 Å². The van der Waals surface area contributed by atoms with Crippen LogP contribution in [0.1, 0.15) is 10.5 Å². The molecule has 0 saturated heterocycles. The maximum absolute atomic E-state index is 11.3. The molecular formula is C8H7N3O3. The van der Waals surface area contributed by atoms with Gasteiger partial charge in [-0.1, -0.05) is 0 Å². The quantitative estimate of drug-likeness (QED) is 0.637. The number of aromatic amines is 1. The fourth-order valence-electron chi connectivity index (χ4n) is 1.16. The third-order valence-corrected chi connectivity index (χ3v) is 1.83. The molecule has 0 aliphatic rings. The summed E-state index contributed by atoms with van der Waals surface area (Å²) >= 11 is 0. The van der Waals surface area contributed by atoms with Gasteiger partial charge in [0.2, 0.25) is 0 Å². The van der Waals surface area contributed by atoms with Gasteiger partial charge in [-0.3, -0.25) is 4.40 Å². The van der Waals surface area contributed by atoms with E-state index in [1.54, 1.807) is 0 Å². The molecule has 0 saturated carbocycles. The molecule has 14 heavy (non-hydrogen) atoms. The second-order valence-corrected chi connectivity index (χ2v) is 2.67. The van der Waals surface area contributed by atoms with Gasteiger partial charge in [-0.25, -0.2) is 14.6 Å². The molecule has 0 bridgehead atoms. The van der Waals surface area contributed by atoms with Crippen LogP contribution in [0, 0.1) is 0 Å². The SMILES string of the molecule is COC(=O)c1cc2cncn2c(=O)[nH]1. The smallest absolute Gasteiger partial charge is 0.354 e. The zero-order chi connectivity index (χ0) is 10.1. The number of H-pyrrole nitrogens is 1. The summed E-state index contributed by atoms with van der Waals surface area (Å²) in [5, 5.41) is 0. The summed E-state index contributed by atoms with van der Waals surface area (Å²) in [5.74, 6) is -0.578. The van der Waals surface area contributed by atoms with Crippen molar-refractivity contribution in [3.63, 3.8) is 0 Å². The van der Waals surface area contributed by atoms with Crippen LogP contribution >= 0.6 is 0 Å². The summed E-state index contributed by atoms with van der Waals surface area (Å²) in [6, 6.07) is 1.50. The second-order valence-electron chi connectivity index (χ2n) is 2.67. The van der Waals surface area contributed by atoms with E-state index in [0.29, 0.717) is 5.52 Å². The molecule has 0 spiro atoms. The van der Waals surface area contributed by atoms with Crippen LogP contribution in [-0.2, 0) is 4.74 Å². The monoisotopic (exact) mass is 193 g/mol. The second kappa shape index (κ2) is 2.99. The first-order valence-corrected chi connectivity index (χ1v) is 3.86. The molecule has 2 rings (SSSR count). The van der Waals surface area contributed by atoms with Crippen molar-refractivity contribution in [2.24, 2.45) is 0 Å². The highest BCUT2D eigenvalue weighted by Crippen LogP contribution is 2.01. The number of hydrogen-bond acceptors (Lipinski definition) is 4. The predicted molar refractivity (Wildman–Crippen MR) is 47.2 cm³/mol. The fourth-order valence-corrected chi connectivity index (χ4v) is 1.16. The highest BCUT2D eigenvalue weighted by molar-refractivity contribution is 5.88. The van der Waals surface area contributed by atoms with E-state index >= 15 is 0 Å². The lowest BCUT2D eigenvalue weighted by Crippen LogP contribution is -2.19. The molecule has 2 aromatic rings. The molecule has 6 nitrogen and oxygen atoms in total. The number of methoxy groups -OCH3 is 1. The Kier molecular flexibility index (Phi) is 1.81. The Morgan fingerprint density at radius 3 is 3.14 bits per heavy atom. The van der Waals surface area contributed by atoms with E-state index in [2.05, 4.69) is 14.7 Å². The summed E-state index contributed by atoms with van der Waals surface area (Å²) in [6.45, 7) is 0. The molecule has 6 heteroatoms. The van der Waals surface area contributed by atoms with Gasteiger partial charge in [0.05, 0.1) is 18.8 Å². The summed E-state index contributed by atoms with van der Waals surface area (Å²) < 4.78 is 5.78. The van der Waals surface area contributed by atoms with E-state index in [9.17, 15) is 9.59 Å². The van der Waals surface area contributed by atoms with Gasteiger partial charge in [-0.2, -0.15) is 0 Å². The van der Waals surface area contributed by atoms with Crippen LogP contribution in [0.15, 0.2) is 23.4 Å². The molecule has 0 aliphatic carbocycles. The molecular weight excluding hydrogens is 186 g/mol. The van der Waals surface area contributed by atoms with Crippen molar-refractivity contribution in [3.05, 3.63) is 34.8 Å². The maximum atomic E-state index is 11.3. The molecule has 0 aromatic carbocycles. The van der Waals surface area contributed by atoms with E-state index in [0.717, 1.165) is 0 Å². The molecule has 0 aliphatic heterocycles. The minimum absolute atomic E-state index is 0.116. The van der Waals surface area contributed by atoms with Gasteiger partial charge in [0.1, 0.15) is 12.0 Å². The largest absolute Gasteiger partial charge is 0.464 e. The third-order valence-electron chi connectivity index (χ3n) is 1.83. The highest BCUT2D eigenvalue weighted by Gasteiger charge is 2.08. The molecule has 72 valence electrons. The number of esters is 1. The zero-order valence-electron chi connectivity index (χ0n) is 7.35. The molecule has 2 heterocycles. The Morgan fingerprint density at radius 1 is 1.64 bits per heavy atom. The van der Waals surface area contributed by atoms with E-state index in [1.165, 1.54) is 30.1 Å². The topological polar surface area (TPSA) is 76.5 Å². The summed E-state index contributed by atoms with van der Waals surface area (Å²) in [5.41, 5.74) is 0.250. The Morgan fingerprint density at radius 2 is 2.43 bits per heavy atom. The van der Waals surface area contributed by atoms with Crippen LogP contribution in [0.4, 0.5) is 0 Å². The van der Waals surface area contributed by atoms with Crippen molar-refractivity contribution >= 4 is 11.5 Å². The molecule has 0 unspecified atom stereocenters. The predicted octanol–water partition coefficient (Wildman–Crippen LogP) is -0.191. The van der Waals surface area contributed by atoms with Gasteiger partial charge < -0.3 is 9.72 Å². The standard InChI is InChI=1S/C8H7N3O3/c1-14-7(12)6-2-5-3-9-4-11(5)8(13)10-6/h2-4H,1H3,(H,10,13). The number of nitrogens with one attached hydrogen (secondary N) is 1. The van der Waals surface area contributed by atoms with Crippen molar-refractivity contribution in [2.75, 3.05) is 7.11 Å². The molecule has 2 aromatic heterocycles. The third kappa shape index (κ3) is 1.17. The minimum atomic E-state index is -0.578. The molecule has 0 fully saturated rings. The fraction of sp³-hybridized carbons (Fsp3) is 0.125. The van der Waals surface area contributed by atoms with Gasteiger partial charge in [-0.05, 0) is 6.07 Å². The van der Waals surface area contributed by atoms with Crippen LogP contribution in [-0.4, -0.2) is 27.4 Å². The highest BCUT2D eigenvalue weighted by atomic mass is 16.5. The van der Waals surface area contributed by atoms with Gasteiger partial charge in [0.25, 0.3) is 0 Å². The van der Waals surface area contributed by atoms with Crippen molar-refractivity contribution < 1.29 is 9.53 Å². The Hall–Kier alpha value is -2.11. The normalized spacial score (nSPS) is 10.4. The number of ether oxygens (including phenoxy) is 1. The number of carbonyl (C=O) groups excluding carboxylic acids is 1. The van der Waals surface area contributed by atoms with Crippen LogP contribution in [0.5, 0.6) is 0 Å². The molecule has 0 amide bonds. The number of nitrogens with zero attached hydrogens (tertiary/aromatic N) is 2. The van der Waals surface area contributed by atoms with Gasteiger partial charge in [0, 0.05) is 0 Å². The first-order chi connectivity index (χ1) is 6.72. The Balaban J connectivity index is 2.70.